The fourth-order valence-electron chi connectivity index (χ4n) is 1.20. The van der Waals surface area contributed by atoms with Crippen molar-refractivity contribution in [2.45, 2.75) is 32.7 Å². The molecule has 0 aliphatic heterocycles. The number of terminal acetylenes is 1. The standard InChI is InChI=1S/C11H18N2O3/c1-4-7-9(5-2)12-11(16)13(6-3)8-10(14)15/h1,9H,5-8H2,2-3H3,(H,12,16)(H,14,15). The first-order chi connectivity index (χ1) is 7.54. The van der Waals surface area contributed by atoms with E-state index in [0.717, 1.165) is 6.42 Å². The van der Waals surface area contributed by atoms with Gasteiger partial charge in [-0.25, -0.2) is 4.79 Å². The summed E-state index contributed by atoms with van der Waals surface area (Å²) in [5.74, 6) is 1.45. The number of likely N-dealkylation sites (N-methyl/N-ethyl adjacent to an activating group) is 1. The molecule has 0 bridgehead atoms. The van der Waals surface area contributed by atoms with Crippen molar-refractivity contribution in [2.24, 2.45) is 0 Å². The van der Waals surface area contributed by atoms with Crippen LogP contribution in [-0.2, 0) is 4.79 Å². The predicted molar refractivity (Wildman–Crippen MR) is 60.9 cm³/mol. The number of nitrogens with zero attached hydrogens (tertiary/aromatic N) is 1. The molecule has 0 saturated heterocycles. The maximum atomic E-state index is 11.6. The molecule has 0 saturated carbocycles. The molecule has 2 N–H and O–H groups in total. The SMILES string of the molecule is C#CCC(CC)NC(=O)N(CC)CC(=O)O. The van der Waals surface area contributed by atoms with Gasteiger partial charge in [0.1, 0.15) is 6.54 Å². The number of nitrogens with one attached hydrogen (secondary N) is 1. The Kier molecular flexibility index (Phi) is 6.77. The van der Waals surface area contributed by atoms with E-state index in [-0.39, 0.29) is 18.6 Å². The fraction of sp³-hybridized carbons (Fsp3) is 0.636. The maximum absolute atomic E-state index is 11.6. The molecule has 0 fully saturated rings. The van der Waals surface area contributed by atoms with Gasteiger partial charge in [0.05, 0.1) is 0 Å². The molecular formula is C11H18N2O3. The molecule has 0 aliphatic carbocycles. The minimum atomic E-state index is -1.03. The van der Waals surface area contributed by atoms with Gasteiger partial charge in [0.25, 0.3) is 0 Å². The zero-order valence-electron chi connectivity index (χ0n) is 9.69. The third-order valence-electron chi connectivity index (χ3n) is 2.18. The number of amides is 2. The Labute approximate surface area is 95.8 Å². The van der Waals surface area contributed by atoms with Gasteiger partial charge in [-0.1, -0.05) is 6.92 Å². The van der Waals surface area contributed by atoms with Crippen LogP contribution in [0, 0.1) is 12.3 Å². The van der Waals surface area contributed by atoms with Crippen molar-refractivity contribution in [3.63, 3.8) is 0 Å². The number of rotatable bonds is 6. The number of carbonyl (C=O) groups is 2. The summed E-state index contributed by atoms with van der Waals surface area (Å²) in [5.41, 5.74) is 0. The molecule has 0 aromatic carbocycles. The normalized spacial score (nSPS) is 11.3. The van der Waals surface area contributed by atoms with Gasteiger partial charge < -0.3 is 15.3 Å². The molecule has 0 rings (SSSR count). The summed E-state index contributed by atoms with van der Waals surface area (Å²) in [5, 5.41) is 11.3. The first-order valence-electron chi connectivity index (χ1n) is 5.25. The molecule has 2 amide bonds. The Morgan fingerprint density at radius 1 is 1.50 bits per heavy atom. The molecule has 16 heavy (non-hydrogen) atoms. The van der Waals surface area contributed by atoms with Gasteiger partial charge in [-0.2, -0.15) is 0 Å². The first kappa shape index (κ1) is 14.3. The van der Waals surface area contributed by atoms with Crippen LogP contribution in [0.15, 0.2) is 0 Å². The number of aliphatic carboxylic acids is 1. The molecule has 1 atom stereocenters. The van der Waals surface area contributed by atoms with Crippen molar-refractivity contribution in [2.75, 3.05) is 13.1 Å². The molecule has 5 nitrogen and oxygen atoms in total. The number of hydrogen-bond donors (Lipinski definition) is 2. The van der Waals surface area contributed by atoms with E-state index in [2.05, 4.69) is 11.2 Å². The third-order valence-corrected chi connectivity index (χ3v) is 2.18. The van der Waals surface area contributed by atoms with E-state index >= 15 is 0 Å². The van der Waals surface area contributed by atoms with Gasteiger partial charge in [0.2, 0.25) is 0 Å². The predicted octanol–water partition coefficient (Wildman–Crippen LogP) is 0.904. The zero-order chi connectivity index (χ0) is 12.6. The molecule has 0 heterocycles. The lowest BCUT2D eigenvalue weighted by atomic mass is 10.1. The molecule has 90 valence electrons. The van der Waals surface area contributed by atoms with E-state index in [0.29, 0.717) is 13.0 Å². The second-order valence-electron chi connectivity index (χ2n) is 3.37. The summed E-state index contributed by atoms with van der Waals surface area (Å²) < 4.78 is 0. The van der Waals surface area contributed by atoms with Crippen LogP contribution in [-0.4, -0.2) is 41.1 Å². The van der Waals surface area contributed by atoms with E-state index in [9.17, 15) is 9.59 Å². The lowest BCUT2D eigenvalue weighted by Gasteiger charge is -2.22. The van der Waals surface area contributed by atoms with Crippen LogP contribution >= 0.6 is 0 Å². The molecule has 0 aromatic heterocycles. The highest BCUT2D eigenvalue weighted by Gasteiger charge is 2.17. The number of carbonyl (C=O) groups excluding carboxylic acids is 1. The number of urea groups is 1. The minimum absolute atomic E-state index is 0.0969. The Morgan fingerprint density at radius 2 is 2.12 bits per heavy atom. The summed E-state index contributed by atoms with van der Waals surface area (Å²) in [6.45, 7) is 3.69. The Morgan fingerprint density at radius 3 is 2.50 bits per heavy atom. The van der Waals surface area contributed by atoms with Crippen molar-refractivity contribution >= 4 is 12.0 Å². The summed E-state index contributed by atoms with van der Waals surface area (Å²) in [4.78, 5) is 23.4. The average Bonchev–Trinajstić information content (AvgIpc) is 2.24. The zero-order valence-corrected chi connectivity index (χ0v) is 9.69. The summed E-state index contributed by atoms with van der Waals surface area (Å²) in [7, 11) is 0. The number of carboxylic acid groups (broad SMARTS) is 1. The van der Waals surface area contributed by atoms with Crippen molar-refractivity contribution in [1.29, 1.82) is 0 Å². The summed E-state index contributed by atoms with van der Waals surface area (Å²) in [6, 6.07) is -0.479. The van der Waals surface area contributed by atoms with Crippen molar-refractivity contribution in [3.05, 3.63) is 0 Å². The van der Waals surface area contributed by atoms with Crippen LogP contribution in [0.5, 0.6) is 0 Å². The lowest BCUT2D eigenvalue weighted by Crippen LogP contribution is -2.46. The minimum Gasteiger partial charge on any atom is -0.480 e. The largest absolute Gasteiger partial charge is 0.480 e. The van der Waals surface area contributed by atoms with E-state index in [1.807, 2.05) is 6.92 Å². The average molecular weight is 226 g/mol. The van der Waals surface area contributed by atoms with Crippen molar-refractivity contribution in [1.82, 2.24) is 10.2 Å². The van der Waals surface area contributed by atoms with Crippen LogP contribution in [0.3, 0.4) is 0 Å². The third kappa shape index (κ3) is 5.25. The van der Waals surface area contributed by atoms with Crippen LogP contribution in [0.25, 0.3) is 0 Å². The van der Waals surface area contributed by atoms with Gasteiger partial charge in [-0.15, -0.1) is 12.3 Å². The highest BCUT2D eigenvalue weighted by Crippen LogP contribution is 1.98. The van der Waals surface area contributed by atoms with Gasteiger partial charge in [-0.05, 0) is 13.3 Å². The van der Waals surface area contributed by atoms with Crippen molar-refractivity contribution in [3.8, 4) is 12.3 Å². The van der Waals surface area contributed by atoms with E-state index in [4.69, 9.17) is 11.5 Å². The summed E-state index contributed by atoms with van der Waals surface area (Å²) in [6.07, 6.45) is 6.34. The monoisotopic (exact) mass is 226 g/mol. The molecular weight excluding hydrogens is 208 g/mol. The Hall–Kier alpha value is -1.70. The van der Waals surface area contributed by atoms with Gasteiger partial charge >= 0.3 is 12.0 Å². The summed E-state index contributed by atoms with van der Waals surface area (Å²) >= 11 is 0. The van der Waals surface area contributed by atoms with E-state index < -0.39 is 5.97 Å². The topological polar surface area (TPSA) is 69.6 Å². The fourth-order valence-corrected chi connectivity index (χ4v) is 1.20. The highest BCUT2D eigenvalue weighted by atomic mass is 16.4. The molecule has 1 unspecified atom stereocenters. The molecule has 5 heteroatoms. The smallest absolute Gasteiger partial charge is 0.323 e. The Bertz CT molecular complexity index is 283. The van der Waals surface area contributed by atoms with Gasteiger partial charge in [-0.3, -0.25) is 4.79 Å². The van der Waals surface area contributed by atoms with Crippen LogP contribution in [0.4, 0.5) is 4.79 Å². The van der Waals surface area contributed by atoms with Crippen molar-refractivity contribution < 1.29 is 14.7 Å². The molecule has 0 spiro atoms. The number of carboxylic acids is 1. The van der Waals surface area contributed by atoms with Gasteiger partial charge in [0.15, 0.2) is 0 Å². The first-order valence-corrected chi connectivity index (χ1v) is 5.25. The van der Waals surface area contributed by atoms with Crippen LogP contribution in [0.2, 0.25) is 0 Å². The van der Waals surface area contributed by atoms with E-state index in [1.165, 1.54) is 4.90 Å². The molecule has 0 aliphatic rings. The maximum Gasteiger partial charge on any atom is 0.323 e. The quantitative estimate of drug-likeness (QED) is 0.661. The van der Waals surface area contributed by atoms with Crippen LogP contribution < -0.4 is 5.32 Å². The van der Waals surface area contributed by atoms with E-state index in [1.54, 1.807) is 6.92 Å². The van der Waals surface area contributed by atoms with Gasteiger partial charge in [0, 0.05) is 19.0 Å². The lowest BCUT2D eigenvalue weighted by molar-refractivity contribution is -0.137. The second kappa shape index (κ2) is 7.57. The van der Waals surface area contributed by atoms with Crippen LogP contribution in [0.1, 0.15) is 26.7 Å². The Balaban J connectivity index is 4.29. The second-order valence-corrected chi connectivity index (χ2v) is 3.37. The highest BCUT2D eigenvalue weighted by molar-refractivity contribution is 5.80. The number of hydrogen-bond acceptors (Lipinski definition) is 2. The molecule has 0 radical (unpaired) electrons. The molecule has 0 aromatic rings.